The van der Waals surface area contributed by atoms with Gasteiger partial charge in [0.15, 0.2) is 0 Å². The molecule has 0 aliphatic carbocycles. The Morgan fingerprint density at radius 2 is 1.44 bits per heavy atom. The van der Waals surface area contributed by atoms with Crippen LogP contribution in [0.25, 0.3) is 11.1 Å². The van der Waals surface area contributed by atoms with Crippen molar-refractivity contribution in [3.63, 3.8) is 0 Å². The third-order valence-electron chi connectivity index (χ3n) is 7.18. The highest BCUT2D eigenvalue weighted by molar-refractivity contribution is 7.58. The largest absolute Gasteiger partial charge is 0.458 e. The summed E-state index contributed by atoms with van der Waals surface area (Å²) in [7, 11) is -3.67. The fraction of sp³-hybridized carbons (Fsp3) is 0.412. The van der Waals surface area contributed by atoms with E-state index < -0.39 is 36.8 Å². The molecule has 2 N–H and O–H groups in total. The first-order valence-corrected chi connectivity index (χ1v) is 16.4. The molecule has 0 spiro atoms. The lowest BCUT2D eigenvalue weighted by Gasteiger charge is -2.29. The number of carbonyl (C=O) groups is 2. The van der Waals surface area contributed by atoms with Gasteiger partial charge in [-0.2, -0.15) is 0 Å². The van der Waals surface area contributed by atoms with E-state index in [0.717, 1.165) is 22.3 Å². The average molecular weight is 578 g/mol. The Labute approximate surface area is 245 Å². The number of benzene rings is 3. The lowest BCUT2D eigenvalue weighted by Crippen LogP contribution is -2.50. The summed E-state index contributed by atoms with van der Waals surface area (Å²) in [5, 5.41) is 2.90. The van der Waals surface area contributed by atoms with Crippen LogP contribution in [-0.2, 0) is 31.7 Å². The van der Waals surface area contributed by atoms with Crippen molar-refractivity contribution >= 4 is 19.2 Å². The molecular formula is C34H44NO5P. The van der Waals surface area contributed by atoms with E-state index in [2.05, 4.69) is 5.32 Å². The minimum absolute atomic E-state index is 0.0780. The summed E-state index contributed by atoms with van der Waals surface area (Å²) >= 11 is 0. The van der Waals surface area contributed by atoms with E-state index in [9.17, 15) is 19.0 Å². The molecule has 0 aliphatic heterocycles. The summed E-state index contributed by atoms with van der Waals surface area (Å²) < 4.78 is 19.0. The number of amides is 1. The molecule has 0 saturated heterocycles. The molecule has 0 aliphatic rings. The second kappa shape index (κ2) is 14.6. The van der Waals surface area contributed by atoms with Crippen LogP contribution in [0.3, 0.4) is 0 Å². The van der Waals surface area contributed by atoms with E-state index in [1.807, 2.05) is 98.8 Å². The zero-order valence-corrected chi connectivity index (χ0v) is 25.8. The quantitative estimate of drug-likeness (QED) is 0.170. The van der Waals surface area contributed by atoms with Gasteiger partial charge in [0.25, 0.3) is 0 Å². The second-order valence-corrected chi connectivity index (χ2v) is 14.4. The minimum atomic E-state index is -3.67. The molecule has 3 unspecified atom stereocenters. The molecule has 6 nitrogen and oxygen atoms in total. The first kappa shape index (κ1) is 32.3. The molecule has 0 radical (unpaired) electrons. The molecule has 7 heteroatoms. The number of hydrogen-bond acceptors (Lipinski definition) is 4. The Balaban J connectivity index is 1.83. The maximum atomic E-state index is 13.7. The zero-order chi connectivity index (χ0) is 30.0. The summed E-state index contributed by atoms with van der Waals surface area (Å²) in [4.78, 5) is 37.8. The molecule has 1 amide bonds. The normalized spacial score (nSPS) is 15.3. The summed E-state index contributed by atoms with van der Waals surface area (Å²) in [6.07, 6.45) is 1.29. The number of carbonyl (C=O) groups excluding carboxylic acids is 2. The van der Waals surface area contributed by atoms with Crippen LogP contribution < -0.4 is 5.32 Å². The predicted molar refractivity (Wildman–Crippen MR) is 166 cm³/mol. The second-order valence-electron chi connectivity index (χ2n) is 11.9. The van der Waals surface area contributed by atoms with Gasteiger partial charge in [0.05, 0.1) is 5.92 Å². The maximum absolute atomic E-state index is 13.7. The van der Waals surface area contributed by atoms with Crippen molar-refractivity contribution in [1.29, 1.82) is 0 Å². The van der Waals surface area contributed by atoms with Gasteiger partial charge in [-0.15, -0.1) is 0 Å². The lowest BCUT2D eigenvalue weighted by molar-refractivity contribution is -0.160. The van der Waals surface area contributed by atoms with Crippen LogP contribution in [0.5, 0.6) is 0 Å². The number of aryl methyl sites for hydroxylation is 1. The molecule has 0 saturated carbocycles. The fourth-order valence-corrected chi connectivity index (χ4v) is 6.45. The molecule has 3 aromatic rings. The highest BCUT2D eigenvalue weighted by Crippen LogP contribution is 2.44. The van der Waals surface area contributed by atoms with Crippen molar-refractivity contribution in [3.8, 4) is 11.1 Å². The number of ether oxygens (including phenoxy) is 1. The smallest absolute Gasteiger partial charge is 0.329 e. The first-order valence-electron chi connectivity index (χ1n) is 14.4. The monoisotopic (exact) mass is 577 g/mol. The Morgan fingerprint density at radius 1 is 0.878 bits per heavy atom. The van der Waals surface area contributed by atoms with Gasteiger partial charge < -0.3 is 14.9 Å². The molecule has 3 aromatic carbocycles. The van der Waals surface area contributed by atoms with Crippen LogP contribution in [0.2, 0.25) is 0 Å². The lowest BCUT2D eigenvalue weighted by atomic mass is 9.95. The average Bonchev–Trinajstić information content (AvgIpc) is 2.94. The predicted octanol–water partition coefficient (Wildman–Crippen LogP) is 6.90. The maximum Gasteiger partial charge on any atom is 0.329 e. The topological polar surface area (TPSA) is 92.7 Å². The van der Waals surface area contributed by atoms with Crippen LogP contribution in [0.4, 0.5) is 0 Å². The number of rotatable bonds is 13. The molecular weight excluding hydrogens is 533 g/mol. The summed E-state index contributed by atoms with van der Waals surface area (Å²) in [5.74, 6) is -1.87. The summed E-state index contributed by atoms with van der Waals surface area (Å²) in [6.45, 7) is 9.21. The molecule has 0 aromatic heterocycles. The fourth-order valence-electron chi connectivity index (χ4n) is 4.68. The highest BCUT2D eigenvalue weighted by Gasteiger charge is 2.35. The van der Waals surface area contributed by atoms with Gasteiger partial charge in [-0.05, 0) is 61.8 Å². The van der Waals surface area contributed by atoms with E-state index in [-0.39, 0.29) is 24.7 Å². The van der Waals surface area contributed by atoms with Crippen LogP contribution in [0.15, 0.2) is 84.9 Å². The van der Waals surface area contributed by atoms with Gasteiger partial charge in [-0.3, -0.25) is 9.36 Å². The van der Waals surface area contributed by atoms with E-state index in [1.165, 1.54) is 0 Å². The van der Waals surface area contributed by atoms with Crippen molar-refractivity contribution in [2.75, 3.05) is 12.3 Å². The molecule has 41 heavy (non-hydrogen) atoms. The Hall–Kier alpha value is -3.21. The molecule has 4 atom stereocenters. The molecule has 3 rings (SSSR count). The summed E-state index contributed by atoms with van der Waals surface area (Å²) in [6, 6.07) is 26.6. The highest BCUT2D eigenvalue weighted by atomic mass is 31.2. The van der Waals surface area contributed by atoms with Crippen molar-refractivity contribution in [3.05, 3.63) is 96.1 Å². The summed E-state index contributed by atoms with van der Waals surface area (Å²) in [5.41, 5.74) is 3.29. The Morgan fingerprint density at radius 3 is 2.00 bits per heavy atom. The molecule has 220 valence electrons. The van der Waals surface area contributed by atoms with Crippen molar-refractivity contribution in [2.24, 2.45) is 11.8 Å². The Kier molecular flexibility index (Phi) is 11.5. The van der Waals surface area contributed by atoms with Gasteiger partial charge in [-0.1, -0.05) is 105 Å². The van der Waals surface area contributed by atoms with Crippen LogP contribution in [0, 0.1) is 11.8 Å². The van der Waals surface area contributed by atoms with E-state index >= 15 is 0 Å². The van der Waals surface area contributed by atoms with Crippen LogP contribution in [-0.4, -0.2) is 40.7 Å². The number of hydrogen-bond donors (Lipinski definition) is 2. The third-order valence-corrected chi connectivity index (χ3v) is 9.12. The SMILES string of the molecule is CCC(C)C(NC(=O)[C@H](Cc1ccc(-c2ccccc2)cc1)CP(=O)(O)CCc1ccccc1)C(=O)OC(C)(C)C. The van der Waals surface area contributed by atoms with E-state index in [1.54, 1.807) is 20.8 Å². The molecule has 0 fully saturated rings. The number of esters is 1. The van der Waals surface area contributed by atoms with E-state index in [0.29, 0.717) is 12.8 Å². The zero-order valence-electron chi connectivity index (χ0n) is 24.9. The molecule has 0 bridgehead atoms. The van der Waals surface area contributed by atoms with E-state index in [4.69, 9.17) is 4.74 Å². The van der Waals surface area contributed by atoms with Gasteiger partial charge in [0, 0.05) is 12.3 Å². The van der Waals surface area contributed by atoms with Gasteiger partial charge in [0.2, 0.25) is 13.3 Å². The number of nitrogens with one attached hydrogen (secondary N) is 1. The standard InChI is InChI=1S/C34H44NO5P/c1-6-25(2)31(33(37)40-34(3,4)5)35-32(36)30(24-41(38,39)22-21-26-13-9-7-10-14-26)23-27-17-19-29(20-18-27)28-15-11-8-12-16-28/h7-20,25,30-31H,6,21-24H2,1-5H3,(H,35,36)(H,38,39)/t25?,30-,31?/m1/s1. The van der Waals surface area contributed by atoms with Crippen molar-refractivity contribution < 1.29 is 23.8 Å². The first-order chi connectivity index (χ1) is 19.4. The van der Waals surface area contributed by atoms with Crippen molar-refractivity contribution in [2.45, 2.75) is 65.5 Å². The van der Waals surface area contributed by atoms with Gasteiger partial charge >= 0.3 is 5.97 Å². The van der Waals surface area contributed by atoms with Gasteiger partial charge in [0.1, 0.15) is 11.6 Å². The van der Waals surface area contributed by atoms with Crippen LogP contribution in [0.1, 0.15) is 52.2 Å². The molecule has 0 heterocycles. The Bertz CT molecular complexity index is 1300. The minimum Gasteiger partial charge on any atom is -0.458 e. The van der Waals surface area contributed by atoms with Crippen LogP contribution >= 0.6 is 7.37 Å². The third kappa shape index (κ3) is 10.6. The van der Waals surface area contributed by atoms with Gasteiger partial charge in [-0.25, -0.2) is 4.79 Å². The van der Waals surface area contributed by atoms with Crippen molar-refractivity contribution in [1.82, 2.24) is 5.32 Å².